The minimum absolute atomic E-state index is 0.120. The Hall–Kier alpha value is -3.00. The molecule has 0 bridgehead atoms. The number of rotatable bonds is 8. The highest BCUT2D eigenvalue weighted by Gasteiger charge is 2.24. The van der Waals surface area contributed by atoms with Gasteiger partial charge in [-0.3, -0.25) is 9.36 Å². The lowest BCUT2D eigenvalue weighted by molar-refractivity contribution is -0.129. The van der Waals surface area contributed by atoms with Gasteiger partial charge in [-0.15, -0.1) is 10.2 Å². The third-order valence-corrected chi connectivity index (χ3v) is 7.07. The molecule has 2 aromatic carbocycles. The predicted molar refractivity (Wildman–Crippen MR) is 130 cm³/mol. The van der Waals surface area contributed by atoms with E-state index in [0.29, 0.717) is 28.5 Å². The summed E-state index contributed by atoms with van der Waals surface area (Å²) in [5.74, 6) is 2.57. The molecule has 0 unspecified atom stereocenters. The minimum atomic E-state index is 0.120. The largest absolute Gasteiger partial charge is 0.497 e. The fraction of sp³-hybridized carbons (Fsp3) is 0.400. The van der Waals surface area contributed by atoms with Gasteiger partial charge in [0.15, 0.2) is 11.0 Å². The minimum Gasteiger partial charge on any atom is -0.497 e. The zero-order valence-corrected chi connectivity index (χ0v) is 20.2. The number of aromatic nitrogens is 3. The first-order valence-electron chi connectivity index (χ1n) is 11.2. The van der Waals surface area contributed by atoms with Crippen LogP contribution >= 0.6 is 11.8 Å². The second-order valence-corrected chi connectivity index (χ2v) is 9.07. The molecular weight excluding hydrogens is 436 g/mol. The van der Waals surface area contributed by atoms with E-state index in [9.17, 15) is 4.79 Å². The van der Waals surface area contributed by atoms with Crippen LogP contribution in [0.3, 0.4) is 0 Å². The number of carbonyl (C=O) groups excluding carboxylic acids is 1. The molecule has 0 atom stereocenters. The maximum Gasteiger partial charge on any atom is 0.233 e. The predicted octanol–water partition coefficient (Wildman–Crippen LogP) is 4.83. The first-order valence-corrected chi connectivity index (χ1v) is 12.2. The van der Waals surface area contributed by atoms with Crippen LogP contribution in [0.2, 0.25) is 0 Å². The standard InChI is InChI=1S/C25H30N4O3S/c1-28(18-9-5-4-6-10-18)23(30)17-33-25-27-26-24(21-11-7-8-12-22(21)32-3)29(25)19-13-15-20(31-2)16-14-19/h7-8,11-16,18H,4-6,9-10,17H2,1-3H3. The lowest BCUT2D eigenvalue weighted by Crippen LogP contribution is -2.39. The summed E-state index contributed by atoms with van der Waals surface area (Å²) in [4.78, 5) is 14.9. The third kappa shape index (κ3) is 5.16. The molecule has 33 heavy (non-hydrogen) atoms. The smallest absolute Gasteiger partial charge is 0.233 e. The van der Waals surface area contributed by atoms with Crippen LogP contribution in [0.5, 0.6) is 11.5 Å². The summed E-state index contributed by atoms with van der Waals surface area (Å²) in [6, 6.07) is 15.8. The lowest BCUT2D eigenvalue weighted by atomic mass is 9.94. The number of carbonyl (C=O) groups is 1. The highest BCUT2D eigenvalue weighted by molar-refractivity contribution is 7.99. The van der Waals surface area contributed by atoms with Crippen LogP contribution in [-0.2, 0) is 4.79 Å². The summed E-state index contributed by atoms with van der Waals surface area (Å²) < 4.78 is 12.8. The SMILES string of the molecule is COc1ccc(-n2c(SCC(=O)N(C)C3CCCCC3)nnc2-c2ccccc2OC)cc1. The van der Waals surface area contributed by atoms with E-state index in [2.05, 4.69) is 10.2 Å². The van der Waals surface area contributed by atoms with Crippen molar-refractivity contribution in [1.29, 1.82) is 0 Å². The van der Waals surface area contributed by atoms with Crippen molar-refractivity contribution >= 4 is 17.7 Å². The van der Waals surface area contributed by atoms with Crippen LogP contribution in [0.15, 0.2) is 53.7 Å². The van der Waals surface area contributed by atoms with Gasteiger partial charge in [0, 0.05) is 13.1 Å². The first kappa shape index (κ1) is 23.2. The highest BCUT2D eigenvalue weighted by atomic mass is 32.2. The molecule has 7 nitrogen and oxygen atoms in total. The van der Waals surface area contributed by atoms with Gasteiger partial charge in [0.1, 0.15) is 11.5 Å². The quantitative estimate of drug-likeness (QED) is 0.443. The fourth-order valence-electron chi connectivity index (χ4n) is 4.23. The number of amides is 1. The number of thioether (sulfide) groups is 1. The van der Waals surface area contributed by atoms with E-state index >= 15 is 0 Å². The van der Waals surface area contributed by atoms with E-state index in [4.69, 9.17) is 9.47 Å². The molecule has 0 aliphatic heterocycles. The van der Waals surface area contributed by atoms with E-state index in [1.807, 2.05) is 65.0 Å². The van der Waals surface area contributed by atoms with Crippen LogP contribution in [0.1, 0.15) is 32.1 Å². The number of nitrogens with zero attached hydrogens (tertiary/aromatic N) is 4. The highest BCUT2D eigenvalue weighted by Crippen LogP contribution is 2.34. The van der Waals surface area contributed by atoms with Crippen molar-refractivity contribution in [2.75, 3.05) is 27.0 Å². The number of hydrogen-bond donors (Lipinski definition) is 0. The number of ether oxygens (including phenoxy) is 2. The third-order valence-electron chi connectivity index (χ3n) is 6.15. The molecule has 0 radical (unpaired) electrons. The zero-order chi connectivity index (χ0) is 23.2. The average molecular weight is 467 g/mol. The van der Waals surface area contributed by atoms with Crippen LogP contribution in [0.4, 0.5) is 0 Å². The van der Waals surface area contributed by atoms with Gasteiger partial charge < -0.3 is 14.4 Å². The van der Waals surface area contributed by atoms with Crippen LogP contribution in [0.25, 0.3) is 17.1 Å². The maximum absolute atomic E-state index is 12.9. The van der Waals surface area contributed by atoms with Crippen LogP contribution in [0, 0.1) is 0 Å². The molecule has 174 valence electrons. The molecule has 3 aromatic rings. The van der Waals surface area contributed by atoms with Gasteiger partial charge in [-0.05, 0) is 49.2 Å². The van der Waals surface area contributed by atoms with E-state index in [0.717, 1.165) is 29.8 Å². The average Bonchev–Trinajstić information content (AvgIpc) is 3.31. The molecule has 1 amide bonds. The van der Waals surface area contributed by atoms with Gasteiger partial charge in [-0.2, -0.15) is 0 Å². The van der Waals surface area contributed by atoms with Crippen molar-refractivity contribution < 1.29 is 14.3 Å². The Labute approximate surface area is 199 Å². The van der Waals surface area contributed by atoms with Gasteiger partial charge in [0.25, 0.3) is 0 Å². The molecule has 0 spiro atoms. The van der Waals surface area contributed by atoms with Gasteiger partial charge >= 0.3 is 0 Å². The topological polar surface area (TPSA) is 69.5 Å². The fourth-order valence-corrected chi connectivity index (χ4v) is 5.11. The normalized spacial score (nSPS) is 14.2. The zero-order valence-electron chi connectivity index (χ0n) is 19.4. The van der Waals surface area contributed by atoms with Gasteiger partial charge in [-0.1, -0.05) is 43.2 Å². The molecule has 1 fully saturated rings. The van der Waals surface area contributed by atoms with E-state index in [1.54, 1.807) is 14.2 Å². The van der Waals surface area contributed by atoms with Crippen LogP contribution in [-0.4, -0.2) is 58.6 Å². The molecular formula is C25H30N4O3S. The van der Waals surface area contributed by atoms with Crippen molar-refractivity contribution in [3.63, 3.8) is 0 Å². The summed E-state index contributed by atoms with van der Waals surface area (Å²) in [6.07, 6.45) is 5.84. The number of benzene rings is 2. The molecule has 1 saturated carbocycles. The van der Waals surface area contributed by atoms with E-state index in [-0.39, 0.29) is 5.91 Å². The Morgan fingerprint density at radius 3 is 2.45 bits per heavy atom. The molecule has 0 saturated heterocycles. The maximum atomic E-state index is 12.9. The monoisotopic (exact) mass is 466 g/mol. The summed E-state index contributed by atoms with van der Waals surface area (Å²) in [5, 5.41) is 9.59. The summed E-state index contributed by atoms with van der Waals surface area (Å²) in [7, 11) is 5.21. The van der Waals surface area contributed by atoms with Crippen LogP contribution < -0.4 is 9.47 Å². The molecule has 1 aliphatic carbocycles. The Morgan fingerprint density at radius 1 is 1.03 bits per heavy atom. The van der Waals surface area contributed by atoms with Gasteiger partial charge in [-0.25, -0.2) is 0 Å². The molecule has 0 N–H and O–H groups in total. The van der Waals surface area contributed by atoms with E-state index in [1.165, 1.54) is 31.0 Å². The molecule has 1 aliphatic rings. The summed E-state index contributed by atoms with van der Waals surface area (Å²) >= 11 is 1.41. The van der Waals surface area contributed by atoms with Crippen molar-refractivity contribution in [2.24, 2.45) is 0 Å². The summed E-state index contributed by atoms with van der Waals surface area (Å²) in [5.41, 5.74) is 1.72. The molecule has 4 rings (SSSR count). The lowest BCUT2D eigenvalue weighted by Gasteiger charge is -2.31. The summed E-state index contributed by atoms with van der Waals surface area (Å²) in [6.45, 7) is 0. The number of para-hydroxylation sites is 1. The second-order valence-electron chi connectivity index (χ2n) is 8.13. The van der Waals surface area contributed by atoms with Gasteiger partial charge in [0.2, 0.25) is 5.91 Å². The van der Waals surface area contributed by atoms with Gasteiger partial charge in [0.05, 0.1) is 31.2 Å². The Morgan fingerprint density at radius 2 is 1.76 bits per heavy atom. The molecule has 1 aromatic heterocycles. The Kier molecular flexibility index (Phi) is 7.54. The van der Waals surface area contributed by atoms with Crippen molar-refractivity contribution in [3.05, 3.63) is 48.5 Å². The van der Waals surface area contributed by atoms with Crippen molar-refractivity contribution in [1.82, 2.24) is 19.7 Å². The Bertz CT molecular complexity index is 1080. The second kappa shape index (κ2) is 10.7. The first-order chi connectivity index (χ1) is 16.1. The molecule has 1 heterocycles. The molecule has 8 heteroatoms. The Balaban J connectivity index is 1.63. The van der Waals surface area contributed by atoms with E-state index < -0.39 is 0 Å². The number of methoxy groups -OCH3 is 2. The van der Waals surface area contributed by atoms with Crippen molar-refractivity contribution in [2.45, 2.75) is 43.3 Å². The van der Waals surface area contributed by atoms with Crippen molar-refractivity contribution in [3.8, 4) is 28.6 Å². The number of hydrogen-bond acceptors (Lipinski definition) is 6.